The van der Waals surface area contributed by atoms with E-state index in [0.29, 0.717) is 5.75 Å². The van der Waals surface area contributed by atoms with Gasteiger partial charge in [0.05, 0.1) is 17.8 Å². The number of esters is 1. The Morgan fingerprint density at radius 2 is 1.96 bits per heavy atom. The molecule has 1 N–H and O–H groups in total. The van der Waals surface area contributed by atoms with Gasteiger partial charge >= 0.3 is 5.97 Å². The second-order valence-corrected chi connectivity index (χ2v) is 4.86. The van der Waals surface area contributed by atoms with Gasteiger partial charge in [0.1, 0.15) is 17.1 Å². The number of methoxy groups -OCH3 is 1. The number of halogens is 2. The number of carbonyl (C=O) groups excluding carboxylic acids is 2. The van der Waals surface area contributed by atoms with Crippen LogP contribution in [0.1, 0.15) is 10.4 Å². The molecule has 0 spiro atoms. The number of anilines is 1. The van der Waals surface area contributed by atoms with Gasteiger partial charge in [0.25, 0.3) is 5.91 Å². The summed E-state index contributed by atoms with van der Waals surface area (Å²) in [6.07, 6.45) is 0. The summed E-state index contributed by atoms with van der Waals surface area (Å²) in [5.41, 5.74) is 0.302. The maximum atomic E-state index is 13.1. The van der Waals surface area contributed by atoms with Gasteiger partial charge in [-0.05, 0) is 30.3 Å². The molecule has 2 aromatic carbocycles. The van der Waals surface area contributed by atoms with Crippen molar-refractivity contribution in [3.8, 4) is 5.75 Å². The first-order valence-corrected chi connectivity index (χ1v) is 6.94. The minimum atomic E-state index is -0.706. The highest BCUT2D eigenvalue weighted by atomic mass is 35.5. The van der Waals surface area contributed by atoms with Gasteiger partial charge in [-0.25, -0.2) is 9.18 Å². The van der Waals surface area contributed by atoms with Crippen LogP contribution in [0.5, 0.6) is 5.75 Å². The Bertz CT molecular complexity index is 736. The number of nitrogens with one attached hydrogen (secondary N) is 1. The molecule has 120 valence electrons. The van der Waals surface area contributed by atoms with Crippen molar-refractivity contribution in [3.05, 3.63) is 58.9 Å². The van der Waals surface area contributed by atoms with Gasteiger partial charge < -0.3 is 14.8 Å². The zero-order valence-electron chi connectivity index (χ0n) is 12.1. The molecule has 2 aromatic rings. The number of carbonyl (C=O) groups is 2. The third-order valence-corrected chi connectivity index (χ3v) is 3.19. The predicted octanol–water partition coefficient (Wildman–Crippen LogP) is 3.28. The van der Waals surface area contributed by atoms with Gasteiger partial charge in [0, 0.05) is 0 Å². The smallest absolute Gasteiger partial charge is 0.342 e. The Balaban J connectivity index is 1.96. The van der Waals surface area contributed by atoms with E-state index in [0.717, 1.165) is 6.07 Å². The SMILES string of the molecule is COc1ccccc1C(=O)OCC(=O)Nc1cc(F)ccc1Cl. The molecule has 0 radical (unpaired) electrons. The topological polar surface area (TPSA) is 64.6 Å². The minimum Gasteiger partial charge on any atom is -0.496 e. The van der Waals surface area contributed by atoms with Crippen LogP contribution in [0.3, 0.4) is 0 Å². The molecule has 1 amide bonds. The maximum absolute atomic E-state index is 13.1. The van der Waals surface area contributed by atoms with Crippen molar-refractivity contribution in [1.29, 1.82) is 0 Å². The van der Waals surface area contributed by atoms with Crippen LogP contribution in [-0.4, -0.2) is 25.6 Å². The number of hydrogen-bond donors (Lipinski definition) is 1. The van der Waals surface area contributed by atoms with Crippen molar-refractivity contribution in [3.63, 3.8) is 0 Å². The number of ether oxygens (including phenoxy) is 2. The minimum absolute atomic E-state index is 0.102. The Labute approximate surface area is 137 Å². The molecule has 0 aromatic heterocycles. The van der Waals surface area contributed by atoms with Gasteiger partial charge in [-0.15, -0.1) is 0 Å². The molecule has 0 aliphatic heterocycles. The fourth-order valence-electron chi connectivity index (χ4n) is 1.80. The molecule has 0 atom stereocenters. The fourth-order valence-corrected chi connectivity index (χ4v) is 1.97. The van der Waals surface area contributed by atoms with Gasteiger partial charge in [-0.1, -0.05) is 23.7 Å². The van der Waals surface area contributed by atoms with Crippen LogP contribution >= 0.6 is 11.6 Å². The molecule has 0 unspecified atom stereocenters. The summed E-state index contributed by atoms with van der Waals surface area (Å²) in [6, 6.07) is 10.0. The third-order valence-electron chi connectivity index (χ3n) is 2.86. The Morgan fingerprint density at radius 1 is 1.22 bits per heavy atom. The van der Waals surface area contributed by atoms with Crippen molar-refractivity contribution in [2.45, 2.75) is 0 Å². The van der Waals surface area contributed by atoms with E-state index in [1.165, 1.54) is 25.3 Å². The second kappa shape index (κ2) is 7.60. The number of rotatable bonds is 5. The van der Waals surface area contributed by atoms with Crippen molar-refractivity contribution >= 4 is 29.2 Å². The molecular weight excluding hydrogens is 325 g/mol. The van der Waals surface area contributed by atoms with Gasteiger partial charge in [0.15, 0.2) is 6.61 Å². The molecule has 7 heteroatoms. The summed E-state index contributed by atoms with van der Waals surface area (Å²) in [6.45, 7) is -0.538. The van der Waals surface area contributed by atoms with Crippen LogP contribution in [-0.2, 0) is 9.53 Å². The molecule has 0 saturated carbocycles. The highest BCUT2D eigenvalue weighted by Gasteiger charge is 2.15. The largest absolute Gasteiger partial charge is 0.496 e. The van der Waals surface area contributed by atoms with E-state index in [9.17, 15) is 14.0 Å². The zero-order chi connectivity index (χ0) is 16.8. The Hall–Kier alpha value is -2.60. The molecule has 5 nitrogen and oxygen atoms in total. The van der Waals surface area contributed by atoms with E-state index in [-0.39, 0.29) is 16.3 Å². The van der Waals surface area contributed by atoms with Crippen molar-refractivity contribution in [2.75, 3.05) is 19.0 Å². The van der Waals surface area contributed by atoms with E-state index in [1.807, 2.05) is 0 Å². The monoisotopic (exact) mass is 337 g/mol. The van der Waals surface area contributed by atoms with Crippen LogP contribution in [0.25, 0.3) is 0 Å². The van der Waals surface area contributed by atoms with Crippen LogP contribution in [0.15, 0.2) is 42.5 Å². The van der Waals surface area contributed by atoms with Gasteiger partial charge in [0.2, 0.25) is 0 Å². The maximum Gasteiger partial charge on any atom is 0.342 e. The zero-order valence-corrected chi connectivity index (χ0v) is 12.9. The lowest BCUT2D eigenvalue weighted by Crippen LogP contribution is -2.21. The standard InChI is InChI=1S/C16H13ClFNO4/c1-22-14-5-3-2-4-11(14)16(21)23-9-15(20)19-13-8-10(18)6-7-12(13)17/h2-8H,9H2,1H3,(H,19,20). The molecule has 0 bridgehead atoms. The van der Waals surface area contributed by atoms with Crippen molar-refractivity contribution in [1.82, 2.24) is 0 Å². The van der Waals surface area contributed by atoms with E-state index < -0.39 is 24.3 Å². The molecule has 0 heterocycles. The first-order chi connectivity index (χ1) is 11.0. The normalized spacial score (nSPS) is 10.0. The van der Waals surface area contributed by atoms with E-state index in [1.54, 1.807) is 18.2 Å². The molecule has 0 aliphatic rings. The average molecular weight is 338 g/mol. The summed E-state index contributed by atoms with van der Waals surface area (Å²) in [5, 5.41) is 2.54. The summed E-state index contributed by atoms with van der Waals surface area (Å²) in [7, 11) is 1.42. The van der Waals surface area contributed by atoms with E-state index in [4.69, 9.17) is 21.1 Å². The first-order valence-electron chi connectivity index (χ1n) is 6.56. The lowest BCUT2D eigenvalue weighted by Gasteiger charge is -2.09. The predicted molar refractivity (Wildman–Crippen MR) is 83.3 cm³/mol. The average Bonchev–Trinajstić information content (AvgIpc) is 2.56. The molecule has 0 saturated heterocycles. The summed E-state index contributed by atoms with van der Waals surface area (Å²) < 4.78 is 23.1. The molecule has 0 fully saturated rings. The van der Waals surface area contributed by atoms with Gasteiger partial charge in [-0.2, -0.15) is 0 Å². The number of benzene rings is 2. The van der Waals surface area contributed by atoms with Gasteiger partial charge in [-0.3, -0.25) is 4.79 Å². The lowest BCUT2D eigenvalue weighted by atomic mass is 10.2. The highest BCUT2D eigenvalue weighted by molar-refractivity contribution is 6.33. The number of para-hydroxylation sites is 1. The number of amides is 1. The lowest BCUT2D eigenvalue weighted by molar-refractivity contribution is -0.119. The van der Waals surface area contributed by atoms with Crippen LogP contribution < -0.4 is 10.1 Å². The van der Waals surface area contributed by atoms with Crippen LogP contribution in [0.2, 0.25) is 5.02 Å². The second-order valence-electron chi connectivity index (χ2n) is 4.45. The summed E-state index contributed by atoms with van der Waals surface area (Å²) in [5.74, 6) is -1.55. The van der Waals surface area contributed by atoms with Crippen molar-refractivity contribution < 1.29 is 23.5 Å². The Morgan fingerprint density at radius 3 is 2.70 bits per heavy atom. The number of hydrogen-bond acceptors (Lipinski definition) is 4. The fraction of sp³-hybridized carbons (Fsp3) is 0.125. The van der Waals surface area contributed by atoms with E-state index in [2.05, 4.69) is 5.32 Å². The Kier molecular flexibility index (Phi) is 5.54. The molecule has 0 aliphatic carbocycles. The quantitative estimate of drug-likeness (QED) is 0.850. The molecular formula is C16H13ClFNO4. The van der Waals surface area contributed by atoms with Crippen LogP contribution in [0.4, 0.5) is 10.1 Å². The summed E-state index contributed by atoms with van der Waals surface area (Å²) in [4.78, 5) is 23.7. The molecule has 2 rings (SSSR count). The third kappa shape index (κ3) is 4.43. The first kappa shape index (κ1) is 16.8. The molecule has 23 heavy (non-hydrogen) atoms. The van der Waals surface area contributed by atoms with Crippen molar-refractivity contribution in [2.24, 2.45) is 0 Å². The summed E-state index contributed by atoms with van der Waals surface area (Å²) >= 11 is 5.83. The highest BCUT2D eigenvalue weighted by Crippen LogP contribution is 2.22. The van der Waals surface area contributed by atoms with E-state index >= 15 is 0 Å². The van der Waals surface area contributed by atoms with Crippen LogP contribution in [0, 0.1) is 5.82 Å².